The minimum atomic E-state index is -0.889. The van der Waals surface area contributed by atoms with Gasteiger partial charge >= 0.3 is 12.1 Å². The molecule has 0 spiro atoms. The number of hydrogen-bond acceptors (Lipinski definition) is 5. The van der Waals surface area contributed by atoms with Crippen LogP contribution in [-0.2, 0) is 14.3 Å². The van der Waals surface area contributed by atoms with Gasteiger partial charge in [0.15, 0.2) is 6.10 Å². The smallest absolute Gasteiger partial charge is 0.407 e. The third-order valence-corrected chi connectivity index (χ3v) is 3.33. The van der Waals surface area contributed by atoms with E-state index < -0.39 is 23.8 Å². The summed E-state index contributed by atoms with van der Waals surface area (Å²) in [6, 6.07) is 6.79. The van der Waals surface area contributed by atoms with E-state index >= 15 is 0 Å². The summed E-state index contributed by atoms with van der Waals surface area (Å²) in [5.41, 5.74) is -0.138. The van der Waals surface area contributed by atoms with E-state index in [1.165, 1.54) is 6.92 Å². The number of alkyl carbamates (subject to hydrolysis) is 1. The number of carbonyl (C=O) groups is 3. The molecular formula is C17H22BrNO5. The molecule has 24 heavy (non-hydrogen) atoms. The molecule has 0 aliphatic carbocycles. The van der Waals surface area contributed by atoms with Crippen LogP contribution in [0.25, 0.3) is 0 Å². The summed E-state index contributed by atoms with van der Waals surface area (Å²) in [5, 5.41) is 2.46. The SMILES string of the molecule is C[C@H](OC(=O)CCNC(=O)OC(C)(C)C)C(=O)c1ccc(Br)cc1. The van der Waals surface area contributed by atoms with E-state index in [0.29, 0.717) is 5.56 Å². The molecule has 0 aromatic heterocycles. The van der Waals surface area contributed by atoms with Crippen LogP contribution in [0.4, 0.5) is 4.79 Å². The van der Waals surface area contributed by atoms with Crippen molar-refractivity contribution in [2.24, 2.45) is 0 Å². The van der Waals surface area contributed by atoms with Gasteiger partial charge in [-0.3, -0.25) is 9.59 Å². The van der Waals surface area contributed by atoms with Gasteiger partial charge < -0.3 is 14.8 Å². The molecule has 1 N–H and O–H groups in total. The van der Waals surface area contributed by atoms with E-state index in [9.17, 15) is 14.4 Å². The molecule has 1 atom stereocenters. The maximum atomic E-state index is 12.1. The average molecular weight is 400 g/mol. The van der Waals surface area contributed by atoms with Gasteiger partial charge in [-0.1, -0.05) is 28.1 Å². The van der Waals surface area contributed by atoms with Crippen molar-refractivity contribution in [3.8, 4) is 0 Å². The maximum Gasteiger partial charge on any atom is 0.407 e. The molecule has 0 saturated carbocycles. The Kier molecular flexibility index (Phi) is 7.41. The fourth-order valence-corrected chi connectivity index (χ4v) is 2.00. The van der Waals surface area contributed by atoms with E-state index in [2.05, 4.69) is 21.2 Å². The van der Waals surface area contributed by atoms with E-state index in [1.54, 1.807) is 45.0 Å². The lowest BCUT2D eigenvalue weighted by Crippen LogP contribution is -2.34. The molecular weight excluding hydrogens is 378 g/mol. The van der Waals surface area contributed by atoms with E-state index in [1.807, 2.05) is 0 Å². The lowest BCUT2D eigenvalue weighted by molar-refractivity contribution is -0.146. The molecule has 1 rings (SSSR count). The predicted molar refractivity (Wildman–Crippen MR) is 92.9 cm³/mol. The molecule has 1 aromatic rings. The van der Waals surface area contributed by atoms with E-state index in [4.69, 9.17) is 9.47 Å². The van der Waals surface area contributed by atoms with Gasteiger partial charge in [0.25, 0.3) is 0 Å². The molecule has 0 saturated heterocycles. The number of amides is 1. The molecule has 132 valence electrons. The van der Waals surface area contributed by atoms with Crippen molar-refractivity contribution in [1.82, 2.24) is 5.32 Å². The Morgan fingerprint density at radius 2 is 1.75 bits per heavy atom. The molecule has 1 aromatic carbocycles. The highest BCUT2D eigenvalue weighted by Gasteiger charge is 2.20. The van der Waals surface area contributed by atoms with Crippen LogP contribution in [-0.4, -0.2) is 36.1 Å². The van der Waals surface area contributed by atoms with E-state index in [-0.39, 0.29) is 18.7 Å². The number of carbonyl (C=O) groups excluding carboxylic acids is 3. The highest BCUT2D eigenvalue weighted by Crippen LogP contribution is 2.13. The first kappa shape index (κ1) is 20.2. The van der Waals surface area contributed by atoms with Crippen molar-refractivity contribution in [1.29, 1.82) is 0 Å². The molecule has 0 aliphatic heterocycles. The van der Waals surface area contributed by atoms with Crippen molar-refractivity contribution >= 4 is 33.8 Å². The number of nitrogens with one attached hydrogen (secondary N) is 1. The second-order valence-electron chi connectivity index (χ2n) is 6.18. The van der Waals surface area contributed by atoms with Crippen molar-refractivity contribution in [3.63, 3.8) is 0 Å². The number of halogens is 1. The summed E-state index contributed by atoms with van der Waals surface area (Å²) in [7, 11) is 0. The molecule has 1 amide bonds. The first-order valence-corrected chi connectivity index (χ1v) is 8.34. The molecule has 6 nitrogen and oxygen atoms in total. The van der Waals surface area contributed by atoms with Gasteiger partial charge in [-0.15, -0.1) is 0 Å². The maximum absolute atomic E-state index is 12.1. The van der Waals surface area contributed by atoms with Crippen molar-refractivity contribution < 1.29 is 23.9 Å². The lowest BCUT2D eigenvalue weighted by Gasteiger charge is -2.19. The molecule has 0 radical (unpaired) electrons. The Labute approximate surface area is 150 Å². The first-order valence-electron chi connectivity index (χ1n) is 7.54. The standard InChI is InChI=1S/C17H22BrNO5/c1-11(15(21)12-5-7-13(18)8-6-12)23-14(20)9-10-19-16(22)24-17(2,3)4/h5-8,11H,9-10H2,1-4H3,(H,19,22)/t11-/m0/s1. The van der Waals surface area contributed by atoms with Gasteiger partial charge in [-0.05, 0) is 39.8 Å². The van der Waals surface area contributed by atoms with Crippen LogP contribution in [0.15, 0.2) is 28.7 Å². The van der Waals surface area contributed by atoms with E-state index in [0.717, 1.165) is 4.47 Å². The van der Waals surface area contributed by atoms with Crippen LogP contribution < -0.4 is 5.32 Å². The minimum Gasteiger partial charge on any atom is -0.454 e. The molecule has 0 unspecified atom stereocenters. The predicted octanol–water partition coefficient (Wildman–Crippen LogP) is 3.48. The zero-order valence-electron chi connectivity index (χ0n) is 14.2. The summed E-state index contributed by atoms with van der Waals surface area (Å²) in [6.45, 7) is 6.83. The van der Waals surface area contributed by atoms with Gasteiger partial charge in [0, 0.05) is 16.6 Å². The van der Waals surface area contributed by atoms with Crippen LogP contribution in [0, 0.1) is 0 Å². The Bertz CT molecular complexity index is 592. The van der Waals surface area contributed by atoms with Gasteiger partial charge in [0.1, 0.15) is 5.60 Å². The Morgan fingerprint density at radius 3 is 2.29 bits per heavy atom. The zero-order chi connectivity index (χ0) is 18.3. The third kappa shape index (κ3) is 7.59. The normalized spacial score (nSPS) is 12.2. The summed E-state index contributed by atoms with van der Waals surface area (Å²) in [5.74, 6) is -0.847. The van der Waals surface area contributed by atoms with Crippen molar-refractivity contribution in [3.05, 3.63) is 34.3 Å². The number of ether oxygens (including phenoxy) is 2. The third-order valence-electron chi connectivity index (χ3n) is 2.80. The number of esters is 1. The number of benzene rings is 1. The van der Waals surface area contributed by atoms with Gasteiger partial charge in [0.2, 0.25) is 5.78 Å². The van der Waals surface area contributed by atoms with Crippen LogP contribution in [0.5, 0.6) is 0 Å². The number of rotatable bonds is 6. The summed E-state index contributed by atoms with van der Waals surface area (Å²) in [4.78, 5) is 35.3. The molecule has 0 aliphatic rings. The summed E-state index contributed by atoms with van der Waals surface area (Å²) >= 11 is 3.29. The highest BCUT2D eigenvalue weighted by atomic mass is 79.9. The first-order chi connectivity index (χ1) is 11.1. The Hall–Kier alpha value is -1.89. The summed E-state index contributed by atoms with van der Waals surface area (Å²) in [6.07, 6.45) is -1.54. The molecule has 0 fully saturated rings. The number of Topliss-reactive ketones (excluding diaryl/α,β-unsaturated/α-hetero) is 1. The largest absolute Gasteiger partial charge is 0.454 e. The molecule has 7 heteroatoms. The Balaban J connectivity index is 2.37. The number of hydrogen-bond donors (Lipinski definition) is 1. The zero-order valence-corrected chi connectivity index (χ0v) is 15.8. The highest BCUT2D eigenvalue weighted by molar-refractivity contribution is 9.10. The molecule has 0 bridgehead atoms. The quantitative estimate of drug-likeness (QED) is 0.584. The van der Waals surface area contributed by atoms with Gasteiger partial charge in [-0.2, -0.15) is 0 Å². The fraction of sp³-hybridized carbons (Fsp3) is 0.471. The summed E-state index contributed by atoms with van der Waals surface area (Å²) < 4.78 is 11.0. The van der Waals surface area contributed by atoms with Crippen molar-refractivity contribution in [2.45, 2.75) is 45.8 Å². The monoisotopic (exact) mass is 399 g/mol. The fourth-order valence-electron chi connectivity index (χ4n) is 1.74. The van der Waals surface area contributed by atoms with Crippen LogP contribution >= 0.6 is 15.9 Å². The van der Waals surface area contributed by atoms with Crippen LogP contribution in [0.1, 0.15) is 44.5 Å². The van der Waals surface area contributed by atoms with Crippen LogP contribution in [0.3, 0.4) is 0 Å². The second-order valence-corrected chi connectivity index (χ2v) is 7.10. The van der Waals surface area contributed by atoms with Crippen molar-refractivity contribution in [2.75, 3.05) is 6.54 Å². The second kappa shape index (κ2) is 8.82. The topological polar surface area (TPSA) is 81.7 Å². The Morgan fingerprint density at radius 1 is 1.17 bits per heavy atom. The van der Waals surface area contributed by atoms with Gasteiger partial charge in [-0.25, -0.2) is 4.79 Å². The average Bonchev–Trinajstić information content (AvgIpc) is 2.45. The lowest BCUT2D eigenvalue weighted by atomic mass is 10.1. The van der Waals surface area contributed by atoms with Gasteiger partial charge in [0.05, 0.1) is 6.42 Å². The number of ketones is 1. The minimum absolute atomic E-state index is 0.0444. The van der Waals surface area contributed by atoms with Crippen LogP contribution in [0.2, 0.25) is 0 Å². The molecule has 0 heterocycles.